The van der Waals surface area contributed by atoms with E-state index in [2.05, 4.69) is 15.3 Å². The molecule has 0 saturated carbocycles. The molecule has 0 fully saturated rings. The zero-order valence-electron chi connectivity index (χ0n) is 20.7. The van der Waals surface area contributed by atoms with E-state index < -0.39 is 35.4 Å². The molecule has 3 N–H and O–H groups in total. The molecule has 9 nitrogen and oxygen atoms in total. The van der Waals surface area contributed by atoms with Gasteiger partial charge in [0.2, 0.25) is 0 Å². The summed E-state index contributed by atoms with van der Waals surface area (Å²) in [4.78, 5) is 34.6. The van der Waals surface area contributed by atoms with Crippen molar-refractivity contribution in [2.45, 2.75) is 24.4 Å². The van der Waals surface area contributed by atoms with Crippen LogP contribution in [0.15, 0.2) is 98.0 Å². The number of carbonyl (C=O) groups excluding carboxylic acids is 2. The van der Waals surface area contributed by atoms with E-state index in [-0.39, 0.29) is 17.8 Å². The van der Waals surface area contributed by atoms with Crippen LogP contribution in [0.25, 0.3) is 17.1 Å². The summed E-state index contributed by atoms with van der Waals surface area (Å²) in [5.74, 6) is -3.31. The van der Waals surface area contributed by atoms with E-state index in [9.17, 15) is 22.8 Å². The highest BCUT2D eigenvalue weighted by atomic mass is 19.4. The molecule has 1 atom stereocenters. The second-order valence-electron chi connectivity index (χ2n) is 8.87. The van der Waals surface area contributed by atoms with Gasteiger partial charge in [-0.1, -0.05) is 42.5 Å². The molecule has 12 heteroatoms. The van der Waals surface area contributed by atoms with E-state index in [4.69, 9.17) is 15.2 Å². The number of amides is 2. The molecule has 2 amide bonds. The Labute approximate surface area is 226 Å². The standard InChI is InChI=1S/C28H22F3N5O4/c29-28(30,31)20-10-8-19(9-11-20)22-16-36(17-34-22)24-21(7-4-12-33-24)25(37)35-23(15-18-5-2-1-3-6-18)27(26(32)38)39-13-14-40-27/h1-14,16-17,23H,15H2,(H2,32,38)(H,35,37). The molecule has 0 radical (unpaired) electrons. The Balaban J connectivity index is 1.44. The number of ether oxygens (including phenoxy) is 2. The van der Waals surface area contributed by atoms with Crippen molar-refractivity contribution in [1.82, 2.24) is 19.9 Å². The van der Waals surface area contributed by atoms with Crippen molar-refractivity contribution < 1.29 is 32.2 Å². The minimum Gasteiger partial charge on any atom is -0.447 e. The molecular weight excluding hydrogens is 527 g/mol. The van der Waals surface area contributed by atoms with Crippen LogP contribution < -0.4 is 11.1 Å². The van der Waals surface area contributed by atoms with Gasteiger partial charge in [0.1, 0.15) is 24.9 Å². The molecule has 204 valence electrons. The molecule has 4 aromatic rings. The summed E-state index contributed by atoms with van der Waals surface area (Å²) in [6.07, 6.45) is 2.47. The van der Waals surface area contributed by atoms with Crippen LogP contribution in [0, 0.1) is 0 Å². The average Bonchev–Trinajstić information content (AvgIpc) is 3.64. The SMILES string of the molecule is NC(=O)C1(C(Cc2ccccc2)NC(=O)c2cccnc2-n2cnc(-c3ccc(C(F)(F)F)cc3)c2)OC=CO1. The van der Waals surface area contributed by atoms with Crippen LogP contribution in [0.3, 0.4) is 0 Å². The summed E-state index contributed by atoms with van der Waals surface area (Å²) in [5, 5.41) is 2.80. The Morgan fingerprint density at radius 1 is 0.975 bits per heavy atom. The van der Waals surface area contributed by atoms with Gasteiger partial charge in [-0.2, -0.15) is 13.2 Å². The van der Waals surface area contributed by atoms with Crippen LogP contribution in [0.5, 0.6) is 0 Å². The number of carbonyl (C=O) groups is 2. The van der Waals surface area contributed by atoms with Crippen molar-refractivity contribution in [3.8, 4) is 17.1 Å². The van der Waals surface area contributed by atoms with Gasteiger partial charge >= 0.3 is 17.9 Å². The Morgan fingerprint density at radius 3 is 2.33 bits per heavy atom. The van der Waals surface area contributed by atoms with E-state index in [1.807, 2.05) is 30.3 Å². The Kier molecular flexibility index (Phi) is 6.99. The number of benzene rings is 2. The van der Waals surface area contributed by atoms with Crippen LogP contribution in [0.1, 0.15) is 21.5 Å². The molecule has 0 bridgehead atoms. The van der Waals surface area contributed by atoms with Crippen molar-refractivity contribution in [3.63, 3.8) is 0 Å². The summed E-state index contributed by atoms with van der Waals surface area (Å²) in [6.45, 7) is 0. The van der Waals surface area contributed by atoms with Crippen LogP contribution in [-0.4, -0.2) is 38.2 Å². The summed E-state index contributed by atoms with van der Waals surface area (Å²) in [6, 6.07) is 15.7. The van der Waals surface area contributed by atoms with Gasteiger partial charge in [0.05, 0.1) is 16.8 Å². The first-order valence-corrected chi connectivity index (χ1v) is 12.0. The van der Waals surface area contributed by atoms with Crippen LogP contribution >= 0.6 is 0 Å². The van der Waals surface area contributed by atoms with Gasteiger partial charge in [0.25, 0.3) is 5.91 Å². The maximum absolute atomic E-state index is 13.6. The number of imidazole rings is 1. The Bertz CT molecular complexity index is 1540. The van der Waals surface area contributed by atoms with Gasteiger partial charge in [-0.05, 0) is 29.8 Å². The molecule has 5 rings (SSSR count). The van der Waals surface area contributed by atoms with Crippen molar-refractivity contribution in [3.05, 3.63) is 115 Å². The summed E-state index contributed by atoms with van der Waals surface area (Å²) < 4.78 is 51.2. The number of rotatable bonds is 8. The van der Waals surface area contributed by atoms with Crippen molar-refractivity contribution >= 4 is 11.8 Å². The van der Waals surface area contributed by atoms with Crippen molar-refractivity contribution in [2.75, 3.05) is 0 Å². The van der Waals surface area contributed by atoms with Crippen molar-refractivity contribution in [2.24, 2.45) is 5.73 Å². The smallest absolute Gasteiger partial charge is 0.416 e. The number of hydrogen-bond donors (Lipinski definition) is 2. The van der Waals surface area contributed by atoms with E-state index in [0.29, 0.717) is 11.3 Å². The number of aromatic nitrogens is 3. The van der Waals surface area contributed by atoms with Crippen LogP contribution in [-0.2, 0) is 26.9 Å². The van der Waals surface area contributed by atoms with Crippen molar-refractivity contribution in [1.29, 1.82) is 0 Å². The van der Waals surface area contributed by atoms with Gasteiger partial charge in [-0.25, -0.2) is 9.97 Å². The lowest BCUT2D eigenvalue weighted by Crippen LogP contribution is -2.61. The number of halogens is 3. The highest BCUT2D eigenvalue weighted by molar-refractivity contribution is 5.98. The second-order valence-corrected chi connectivity index (χ2v) is 8.87. The van der Waals surface area contributed by atoms with E-state index in [0.717, 1.165) is 17.7 Å². The fourth-order valence-electron chi connectivity index (χ4n) is 4.30. The largest absolute Gasteiger partial charge is 0.447 e. The number of hydrogen-bond acceptors (Lipinski definition) is 6. The summed E-state index contributed by atoms with van der Waals surface area (Å²) in [5.41, 5.74) is 6.61. The average molecular weight is 550 g/mol. The van der Waals surface area contributed by atoms with E-state index in [1.165, 1.54) is 47.8 Å². The number of nitrogens with zero attached hydrogens (tertiary/aromatic N) is 3. The lowest BCUT2D eigenvalue weighted by atomic mass is 9.97. The minimum absolute atomic E-state index is 0.127. The second kappa shape index (κ2) is 10.6. The Morgan fingerprint density at radius 2 is 1.68 bits per heavy atom. The van der Waals surface area contributed by atoms with Gasteiger partial charge in [0, 0.05) is 24.4 Å². The quantitative estimate of drug-likeness (QED) is 0.343. The van der Waals surface area contributed by atoms with Gasteiger partial charge < -0.3 is 20.5 Å². The molecule has 0 spiro atoms. The highest BCUT2D eigenvalue weighted by Gasteiger charge is 2.51. The summed E-state index contributed by atoms with van der Waals surface area (Å²) in [7, 11) is 0. The lowest BCUT2D eigenvalue weighted by molar-refractivity contribution is -0.182. The first-order chi connectivity index (χ1) is 19.2. The monoisotopic (exact) mass is 549 g/mol. The molecule has 1 aliphatic rings. The molecule has 2 aromatic carbocycles. The fourth-order valence-corrected chi connectivity index (χ4v) is 4.30. The number of nitrogens with two attached hydrogens (primary N) is 1. The lowest BCUT2D eigenvalue weighted by Gasteiger charge is -2.33. The van der Waals surface area contributed by atoms with Gasteiger partial charge in [-0.15, -0.1) is 0 Å². The molecule has 0 aliphatic carbocycles. The molecule has 0 saturated heterocycles. The number of alkyl halides is 3. The predicted octanol–water partition coefficient (Wildman–Crippen LogP) is 3.99. The zero-order chi connectivity index (χ0) is 28.3. The predicted molar refractivity (Wildman–Crippen MR) is 136 cm³/mol. The molecule has 1 unspecified atom stereocenters. The van der Waals surface area contributed by atoms with E-state index >= 15 is 0 Å². The summed E-state index contributed by atoms with van der Waals surface area (Å²) >= 11 is 0. The highest BCUT2D eigenvalue weighted by Crippen LogP contribution is 2.31. The normalized spacial score (nSPS) is 14.7. The minimum atomic E-state index is -4.45. The molecule has 40 heavy (non-hydrogen) atoms. The first-order valence-electron chi connectivity index (χ1n) is 12.0. The van der Waals surface area contributed by atoms with Crippen LogP contribution in [0.4, 0.5) is 13.2 Å². The van der Waals surface area contributed by atoms with Crippen LogP contribution in [0.2, 0.25) is 0 Å². The van der Waals surface area contributed by atoms with E-state index in [1.54, 1.807) is 12.3 Å². The topological polar surface area (TPSA) is 121 Å². The molecule has 1 aliphatic heterocycles. The number of primary amides is 1. The third kappa shape index (κ3) is 5.23. The number of nitrogens with one attached hydrogen (secondary N) is 1. The Hall–Kier alpha value is -5.13. The molecular formula is C28H22F3N5O4. The zero-order valence-corrected chi connectivity index (χ0v) is 20.7. The fraction of sp³-hybridized carbons (Fsp3) is 0.143. The third-order valence-electron chi connectivity index (χ3n) is 6.30. The first kappa shape index (κ1) is 26.5. The molecule has 2 aromatic heterocycles. The number of pyridine rings is 1. The van der Waals surface area contributed by atoms with Gasteiger partial charge in [0.15, 0.2) is 5.82 Å². The van der Waals surface area contributed by atoms with Gasteiger partial charge in [-0.3, -0.25) is 14.2 Å². The third-order valence-corrected chi connectivity index (χ3v) is 6.30. The molecule has 3 heterocycles. The maximum atomic E-state index is 13.6. The maximum Gasteiger partial charge on any atom is 0.416 e.